The predicted molar refractivity (Wildman–Crippen MR) is 48.0 cm³/mol. The average molecular weight is 235 g/mol. The van der Waals surface area contributed by atoms with E-state index in [1.807, 2.05) is 0 Å². The maximum absolute atomic E-state index is 12.4. The van der Waals surface area contributed by atoms with Gasteiger partial charge in [-0.05, 0) is 6.07 Å². The average Bonchev–Trinajstić information content (AvgIpc) is 2.19. The smallest absolute Gasteiger partial charge is 0.424 e. The number of esters is 1. The number of halogens is 3. The molecule has 0 saturated heterocycles. The van der Waals surface area contributed by atoms with Gasteiger partial charge in [0.15, 0.2) is 11.4 Å². The lowest BCUT2D eigenvalue weighted by molar-refractivity contribution is -0.145. The van der Waals surface area contributed by atoms with Gasteiger partial charge in [0.2, 0.25) is 5.56 Å². The molecule has 0 bridgehead atoms. The summed E-state index contributed by atoms with van der Waals surface area (Å²) in [5.74, 6) is -1.50. The summed E-state index contributed by atoms with van der Waals surface area (Å²) in [6, 6.07) is 1.67. The van der Waals surface area contributed by atoms with Crippen molar-refractivity contribution in [2.24, 2.45) is 0 Å². The summed E-state index contributed by atoms with van der Waals surface area (Å²) < 4.78 is 41.7. The summed E-state index contributed by atoms with van der Waals surface area (Å²) in [6.07, 6.45) is -4.83. The molecule has 0 aromatic carbocycles. The van der Waals surface area contributed by atoms with E-state index in [2.05, 4.69) is 4.74 Å². The number of hydrogen-bond acceptors (Lipinski definition) is 3. The van der Waals surface area contributed by atoms with E-state index in [1.54, 1.807) is 4.98 Å². The molecule has 1 N–H and O–H groups in total. The third kappa shape index (κ3) is 2.85. The van der Waals surface area contributed by atoms with Gasteiger partial charge in [0.05, 0.1) is 0 Å². The molecule has 0 fully saturated rings. The highest BCUT2D eigenvalue weighted by atomic mass is 19.4. The van der Waals surface area contributed by atoms with E-state index >= 15 is 0 Å². The minimum atomic E-state index is -4.77. The molecule has 0 atom stereocenters. The number of rotatable bonds is 2. The Hall–Kier alpha value is -1.79. The lowest BCUT2D eigenvalue weighted by Crippen LogP contribution is -2.19. The van der Waals surface area contributed by atoms with Gasteiger partial charge < -0.3 is 9.72 Å². The Bertz CT molecular complexity index is 450. The molecule has 1 aromatic rings. The molecule has 16 heavy (non-hydrogen) atoms. The van der Waals surface area contributed by atoms with E-state index in [4.69, 9.17) is 0 Å². The molecule has 88 valence electrons. The summed E-state index contributed by atoms with van der Waals surface area (Å²) in [7, 11) is 0. The van der Waals surface area contributed by atoms with Crippen LogP contribution in [0.2, 0.25) is 0 Å². The first-order valence-electron chi connectivity index (χ1n) is 4.35. The number of aromatic amines is 1. The molecule has 0 aliphatic heterocycles. The van der Waals surface area contributed by atoms with Crippen LogP contribution < -0.4 is 10.3 Å². The number of alkyl halides is 3. The topological polar surface area (TPSA) is 59.2 Å². The molecule has 0 unspecified atom stereocenters. The second-order valence-corrected chi connectivity index (χ2v) is 2.89. The number of nitrogens with one attached hydrogen (secondary N) is 1. The molecular weight excluding hydrogens is 227 g/mol. The van der Waals surface area contributed by atoms with Crippen LogP contribution in [0.1, 0.15) is 19.0 Å². The SMILES string of the molecule is CCC(=O)Oc1ccc(=O)[nH]c1C(F)(F)F. The number of H-pyrrole nitrogens is 1. The first-order valence-corrected chi connectivity index (χ1v) is 4.35. The molecule has 0 radical (unpaired) electrons. The van der Waals surface area contributed by atoms with Gasteiger partial charge in [-0.25, -0.2) is 0 Å². The fourth-order valence-electron chi connectivity index (χ4n) is 0.952. The zero-order valence-corrected chi connectivity index (χ0v) is 8.22. The molecule has 0 aliphatic carbocycles. The third-order valence-electron chi connectivity index (χ3n) is 1.68. The van der Waals surface area contributed by atoms with E-state index in [-0.39, 0.29) is 6.42 Å². The molecule has 0 saturated carbocycles. The van der Waals surface area contributed by atoms with Crippen LogP contribution in [0.4, 0.5) is 13.2 Å². The number of aromatic nitrogens is 1. The first kappa shape index (κ1) is 12.3. The Morgan fingerprint density at radius 1 is 1.44 bits per heavy atom. The Labute approximate surface area is 88.0 Å². The number of carbonyl (C=O) groups excluding carboxylic acids is 1. The Morgan fingerprint density at radius 2 is 2.06 bits per heavy atom. The van der Waals surface area contributed by atoms with Crippen LogP contribution in [0.3, 0.4) is 0 Å². The van der Waals surface area contributed by atoms with Crippen LogP contribution in [-0.2, 0) is 11.0 Å². The summed E-state index contributed by atoms with van der Waals surface area (Å²) in [4.78, 5) is 23.2. The second kappa shape index (κ2) is 4.38. The Kier molecular flexibility index (Phi) is 3.36. The summed E-state index contributed by atoms with van der Waals surface area (Å²) in [5.41, 5.74) is -2.27. The van der Waals surface area contributed by atoms with Gasteiger partial charge in [0, 0.05) is 12.5 Å². The monoisotopic (exact) mass is 235 g/mol. The van der Waals surface area contributed by atoms with Gasteiger partial charge in [0.1, 0.15) is 0 Å². The summed E-state index contributed by atoms with van der Waals surface area (Å²) in [6.45, 7) is 1.45. The molecule has 7 heteroatoms. The summed E-state index contributed by atoms with van der Waals surface area (Å²) in [5, 5.41) is 0. The van der Waals surface area contributed by atoms with Gasteiger partial charge in [0.25, 0.3) is 0 Å². The second-order valence-electron chi connectivity index (χ2n) is 2.89. The molecule has 0 spiro atoms. The third-order valence-corrected chi connectivity index (χ3v) is 1.68. The Balaban J connectivity index is 3.18. The molecule has 1 aromatic heterocycles. The van der Waals surface area contributed by atoms with Gasteiger partial charge in [-0.3, -0.25) is 9.59 Å². The van der Waals surface area contributed by atoms with E-state index < -0.39 is 29.1 Å². The predicted octanol–water partition coefficient (Wildman–Crippen LogP) is 1.71. The molecule has 1 heterocycles. The van der Waals surface area contributed by atoms with Crippen molar-refractivity contribution in [2.45, 2.75) is 19.5 Å². The van der Waals surface area contributed by atoms with Crippen LogP contribution >= 0.6 is 0 Å². The zero-order chi connectivity index (χ0) is 12.3. The van der Waals surface area contributed by atoms with Crippen molar-refractivity contribution in [2.75, 3.05) is 0 Å². The summed E-state index contributed by atoms with van der Waals surface area (Å²) >= 11 is 0. The van der Waals surface area contributed by atoms with Crippen LogP contribution in [0.25, 0.3) is 0 Å². The van der Waals surface area contributed by atoms with Crippen molar-refractivity contribution in [3.05, 3.63) is 28.2 Å². The lowest BCUT2D eigenvalue weighted by atomic mass is 10.3. The number of pyridine rings is 1. The van der Waals surface area contributed by atoms with E-state index in [9.17, 15) is 22.8 Å². The van der Waals surface area contributed by atoms with Crippen molar-refractivity contribution in [3.8, 4) is 5.75 Å². The largest absolute Gasteiger partial charge is 0.435 e. The first-order chi connectivity index (χ1) is 7.34. The highest BCUT2D eigenvalue weighted by Crippen LogP contribution is 2.33. The lowest BCUT2D eigenvalue weighted by Gasteiger charge is -2.11. The van der Waals surface area contributed by atoms with E-state index in [0.717, 1.165) is 12.1 Å². The fraction of sp³-hybridized carbons (Fsp3) is 0.333. The van der Waals surface area contributed by atoms with Crippen LogP contribution in [-0.4, -0.2) is 11.0 Å². The van der Waals surface area contributed by atoms with Crippen molar-refractivity contribution in [3.63, 3.8) is 0 Å². The standard InChI is InChI=1S/C9H8F3NO3/c1-2-7(15)16-5-3-4-6(14)13-8(5)9(10,11)12/h3-4H,2H2,1H3,(H,13,14). The highest BCUT2D eigenvalue weighted by molar-refractivity contribution is 5.72. The van der Waals surface area contributed by atoms with Gasteiger partial charge in [-0.15, -0.1) is 0 Å². The highest BCUT2D eigenvalue weighted by Gasteiger charge is 2.36. The zero-order valence-electron chi connectivity index (χ0n) is 8.22. The van der Waals surface area contributed by atoms with Crippen LogP contribution in [0, 0.1) is 0 Å². The molecule has 0 amide bonds. The minimum absolute atomic E-state index is 0.0591. The van der Waals surface area contributed by atoms with Crippen molar-refractivity contribution >= 4 is 5.97 Å². The number of ether oxygens (including phenoxy) is 1. The Morgan fingerprint density at radius 3 is 2.56 bits per heavy atom. The number of carbonyl (C=O) groups is 1. The van der Waals surface area contributed by atoms with Crippen molar-refractivity contribution in [1.29, 1.82) is 0 Å². The molecule has 4 nitrogen and oxygen atoms in total. The van der Waals surface area contributed by atoms with Gasteiger partial charge >= 0.3 is 12.1 Å². The maximum atomic E-state index is 12.4. The fourth-order valence-corrected chi connectivity index (χ4v) is 0.952. The van der Waals surface area contributed by atoms with Gasteiger partial charge in [-0.2, -0.15) is 13.2 Å². The minimum Gasteiger partial charge on any atom is -0.424 e. The van der Waals surface area contributed by atoms with Crippen molar-refractivity contribution < 1.29 is 22.7 Å². The van der Waals surface area contributed by atoms with E-state index in [1.165, 1.54) is 6.92 Å². The van der Waals surface area contributed by atoms with Crippen LogP contribution in [0.15, 0.2) is 16.9 Å². The maximum Gasteiger partial charge on any atom is 0.435 e. The molecular formula is C9H8F3NO3. The van der Waals surface area contributed by atoms with Crippen LogP contribution in [0.5, 0.6) is 5.75 Å². The number of hydrogen-bond donors (Lipinski definition) is 1. The quantitative estimate of drug-likeness (QED) is 0.794. The molecule has 1 rings (SSSR count). The van der Waals surface area contributed by atoms with E-state index in [0.29, 0.717) is 0 Å². The molecule has 0 aliphatic rings. The normalized spacial score (nSPS) is 11.2. The van der Waals surface area contributed by atoms with Gasteiger partial charge in [-0.1, -0.05) is 6.92 Å². The van der Waals surface area contributed by atoms with Crippen molar-refractivity contribution in [1.82, 2.24) is 4.98 Å².